The van der Waals surface area contributed by atoms with E-state index in [4.69, 9.17) is 0 Å². The van der Waals surface area contributed by atoms with Gasteiger partial charge in [-0.15, -0.1) is 11.3 Å². The van der Waals surface area contributed by atoms with Crippen molar-refractivity contribution in [3.05, 3.63) is 57.8 Å². The minimum absolute atomic E-state index is 0.0363. The zero-order chi connectivity index (χ0) is 15.9. The van der Waals surface area contributed by atoms with E-state index in [-0.39, 0.29) is 17.9 Å². The summed E-state index contributed by atoms with van der Waals surface area (Å²) in [6.45, 7) is 4.74. The van der Waals surface area contributed by atoms with Gasteiger partial charge in [-0.2, -0.15) is 0 Å². The highest BCUT2D eigenvalue weighted by Gasteiger charge is 2.21. The average molecular weight is 316 g/mol. The Labute approximate surface area is 136 Å². The highest BCUT2D eigenvalue weighted by Crippen LogP contribution is 2.27. The third-order valence-corrected chi connectivity index (χ3v) is 4.91. The van der Waals surface area contributed by atoms with E-state index in [0.29, 0.717) is 6.54 Å². The first-order valence-electron chi connectivity index (χ1n) is 7.64. The average Bonchev–Trinajstić information content (AvgIpc) is 2.94. The van der Waals surface area contributed by atoms with Crippen LogP contribution in [-0.2, 0) is 11.2 Å². The molecule has 0 spiro atoms. The molecule has 1 heterocycles. The van der Waals surface area contributed by atoms with Crippen LogP contribution in [0.2, 0.25) is 0 Å². The summed E-state index contributed by atoms with van der Waals surface area (Å²) in [5.41, 5.74) is 2.48. The third kappa shape index (κ3) is 4.42. The summed E-state index contributed by atoms with van der Waals surface area (Å²) < 4.78 is 0. The maximum absolute atomic E-state index is 12.4. The van der Waals surface area contributed by atoms with Gasteiger partial charge < -0.3 is 10.6 Å². The lowest BCUT2D eigenvalue weighted by atomic mass is 10.0. The Balaban J connectivity index is 2.15. The van der Waals surface area contributed by atoms with Gasteiger partial charge in [0, 0.05) is 17.3 Å². The van der Waals surface area contributed by atoms with E-state index >= 15 is 0 Å². The number of hydrogen-bond acceptors (Lipinski definition) is 3. The number of carbonyl (C=O) groups is 1. The summed E-state index contributed by atoms with van der Waals surface area (Å²) >= 11 is 1.71. The molecule has 2 atom stereocenters. The Bertz CT molecular complexity index is 594. The molecule has 22 heavy (non-hydrogen) atoms. The van der Waals surface area contributed by atoms with Crippen molar-refractivity contribution in [3.8, 4) is 0 Å². The van der Waals surface area contributed by atoms with Crippen molar-refractivity contribution in [1.82, 2.24) is 10.6 Å². The molecule has 1 amide bonds. The van der Waals surface area contributed by atoms with Crippen LogP contribution >= 0.6 is 11.3 Å². The number of rotatable bonds is 7. The molecule has 0 aliphatic rings. The van der Waals surface area contributed by atoms with Crippen LogP contribution in [0.1, 0.15) is 29.0 Å². The van der Waals surface area contributed by atoms with Crippen LogP contribution in [-0.4, -0.2) is 19.5 Å². The fourth-order valence-corrected chi connectivity index (χ4v) is 3.49. The largest absolute Gasteiger partial charge is 0.348 e. The van der Waals surface area contributed by atoms with E-state index in [1.807, 2.05) is 32.2 Å². The first-order chi connectivity index (χ1) is 10.6. The Hall–Kier alpha value is -1.65. The molecule has 2 unspecified atom stereocenters. The van der Waals surface area contributed by atoms with E-state index in [1.54, 1.807) is 11.3 Å². The van der Waals surface area contributed by atoms with Gasteiger partial charge in [-0.05, 0) is 43.0 Å². The van der Waals surface area contributed by atoms with Crippen LogP contribution in [0.4, 0.5) is 0 Å². The lowest BCUT2D eigenvalue weighted by molar-refractivity contribution is -0.125. The standard InChI is InChI=1S/C18H24N2OS/c1-13-9-10-22-17(13)16(11-15-7-5-4-6-8-15)20-18(21)14(2)12-19-3/h4-10,14,16,19H,11-12H2,1-3H3,(H,20,21). The van der Waals surface area contributed by atoms with Crippen LogP contribution in [0.3, 0.4) is 0 Å². The number of nitrogens with one attached hydrogen (secondary N) is 2. The summed E-state index contributed by atoms with van der Waals surface area (Å²) in [5.74, 6) is 0.0617. The van der Waals surface area contributed by atoms with E-state index in [1.165, 1.54) is 16.0 Å². The molecule has 0 saturated heterocycles. The monoisotopic (exact) mass is 316 g/mol. The minimum Gasteiger partial charge on any atom is -0.348 e. The first-order valence-corrected chi connectivity index (χ1v) is 8.52. The molecule has 4 heteroatoms. The number of thiophene rings is 1. The smallest absolute Gasteiger partial charge is 0.224 e. The van der Waals surface area contributed by atoms with Crippen molar-refractivity contribution < 1.29 is 4.79 Å². The molecule has 2 aromatic rings. The molecule has 1 aromatic heterocycles. The van der Waals surface area contributed by atoms with Gasteiger partial charge in [0.05, 0.1) is 6.04 Å². The third-order valence-electron chi connectivity index (χ3n) is 3.78. The number of benzene rings is 1. The van der Waals surface area contributed by atoms with Crippen molar-refractivity contribution in [2.24, 2.45) is 5.92 Å². The van der Waals surface area contributed by atoms with Crippen LogP contribution in [0, 0.1) is 12.8 Å². The second kappa shape index (κ2) is 8.11. The molecule has 3 nitrogen and oxygen atoms in total. The summed E-state index contributed by atoms with van der Waals surface area (Å²) in [5, 5.41) is 8.37. The van der Waals surface area contributed by atoms with Crippen molar-refractivity contribution in [2.45, 2.75) is 26.3 Å². The van der Waals surface area contributed by atoms with Gasteiger partial charge in [-0.3, -0.25) is 4.79 Å². The van der Waals surface area contributed by atoms with Crippen LogP contribution in [0.5, 0.6) is 0 Å². The maximum Gasteiger partial charge on any atom is 0.224 e. The van der Waals surface area contributed by atoms with Gasteiger partial charge >= 0.3 is 0 Å². The van der Waals surface area contributed by atoms with E-state index in [9.17, 15) is 4.79 Å². The molecule has 2 rings (SSSR count). The quantitative estimate of drug-likeness (QED) is 0.823. The number of aryl methyl sites for hydroxylation is 1. The summed E-state index contributed by atoms with van der Waals surface area (Å²) in [4.78, 5) is 13.6. The van der Waals surface area contributed by atoms with Gasteiger partial charge in [0.2, 0.25) is 5.91 Å². The number of carbonyl (C=O) groups excluding carboxylic acids is 1. The Morgan fingerprint density at radius 1 is 1.23 bits per heavy atom. The molecule has 1 aromatic carbocycles. The van der Waals surface area contributed by atoms with Gasteiger partial charge in [0.15, 0.2) is 0 Å². The van der Waals surface area contributed by atoms with Crippen molar-refractivity contribution >= 4 is 17.2 Å². The molecule has 2 N–H and O–H groups in total. The van der Waals surface area contributed by atoms with Gasteiger partial charge in [0.1, 0.15) is 0 Å². The number of amides is 1. The van der Waals surface area contributed by atoms with Gasteiger partial charge in [0.25, 0.3) is 0 Å². The van der Waals surface area contributed by atoms with Crippen LogP contribution in [0.25, 0.3) is 0 Å². The molecule has 118 valence electrons. The Morgan fingerprint density at radius 2 is 1.95 bits per heavy atom. The van der Waals surface area contributed by atoms with Crippen molar-refractivity contribution in [1.29, 1.82) is 0 Å². The molecule has 0 bridgehead atoms. The highest BCUT2D eigenvalue weighted by atomic mass is 32.1. The second-order valence-corrected chi connectivity index (χ2v) is 6.63. The van der Waals surface area contributed by atoms with E-state index in [2.05, 4.69) is 41.1 Å². The lowest BCUT2D eigenvalue weighted by Crippen LogP contribution is -2.37. The van der Waals surface area contributed by atoms with Crippen molar-refractivity contribution in [2.75, 3.05) is 13.6 Å². The van der Waals surface area contributed by atoms with E-state index < -0.39 is 0 Å². The fourth-order valence-electron chi connectivity index (χ4n) is 2.51. The fraction of sp³-hybridized carbons (Fsp3) is 0.389. The predicted octanol–water partition coefficient (Wildman–Crippen LogP) is 3.31. The molecule has 0 saturated carbocycles. The van der Waals surface area contributed by atoms with Gasteiger partial charge in [-0.1, -0.05) is 37.3 Å². The summed E-state index contributed by atoms with van der Waals surface area (Å²) in [6.07, 6.45) is 0.820. The normalized spacial score (nSPS) is 13.6. The SMILES string of the molecule is CNCC(C)C(=O)NC(Cc1ccccc1)c1sccc1C. The first kappa shape index (κ1) is 16.7. The van der Waals surface area contributed by atoms with E-state index in [0.717, 1.165) is 6.42 Å². The number of hydrogen-bond donors (Lipinski definition) is 2. The summed E-state index contributed by atoms with van der Waals surface area (Å²) in [7, 11) is 1.87. The van der Waals surface area contributed by atoms with Crippen LogP contribution in [0.15, 0.2) is 41.8 Å². The molecule has 0 fully saturated rings. The summed E-state index contributed by atoms with van der Waals surface area (Å²) in [6, 6.07) is 12.5. The minimum atomic E-state index is -0.0384. The second-order valence-electron chi connectivity index (χ2n) is 5.68. The molecular weight excluding hydrogens is 292 g/mol. The maximum atomic E-state index is 12.4. The predicted molar refractivity (Wildman–Crippen MR) is 93.2 cm³/mol. The Kier molecular flexibility index (Phi) is 6.16. The lowest BCUT2D eigenvalue weighted by Gasteiger charge is -2.21. The molecule has 0 aliphatic carbocycles. The molecule has 0 radical (unpaired) electrons. The highest BCUT2D eigenvalue weighted by molar-refractivity contribution is 7.10. The van der Waals surface area contributed by atoms with Crippen molar-refractivity contribution in [3.63, 3.8) is 0 Å². The zero-order valence-electron chi connectivity index (χ0n) is 13.4. The molecular formula is C18H24N2OS. The van der Waals surface area contributed by atoms with Gasteiger partial charge in [-0.25, -0.2) is 0 Å². The molecule has 0 aliphatic heterocycles. The Morgan fingerprint density at radius 3 is 2.55 bits per heavy atom. The topological polar surface area (TPSA) is 41.1 Å². The zero-order valence-corrected chi connectivity index (χ0v) is 14.2. The van der Waals surface area contributed by atoms with Crippen LogP contribution < -0.4 is 10.6 Å².